The highest BCUT2D eigenvalue weighted by molar-refractivity contribution is 6.31. The van der Waals surface area contributed by atoms with E-state index in [-0.39, 0.29) is 11.1 Å². The van der Waals surface area contributed by atoms with Crippen LogP contribution in [-0.2, 0) is 0 Å². The molecule has 2 rings (SSSR count). The van der Waals surface area contributed by atoms with Gasteiger partial charge in [-0.05, 0) is 36.4 Å². The van der Waals surface area contributed by atoms with Crippen molar-refractivity contribution in [3.8, 4) is 11.5 Å². The highest BCUT2D eigenvalue weighted by Crippen LogP contribution is 2.33. The Bertz CT molecular complexity index is 611. The molecule has 0 radical (unpaired) electrons. The minimum Gasteiger partial charge on any atom is -0.497 e. The molecule has 2 aromatic rings. The average Bonchev–Trinajstić information content (AvgIpc) is 2.51. The first kappa shape index (κ1) is 15.6. The van der Waals surface area contributed by atoms with Crippen LogP contribution in [-0.4, -0.2) is 21.3 Å². The Labute approximate surface area is 128 Å². The Balaban J connectivity index is 2.53. The molecule has 1 unspecified atom stereocenters. The van der Waals surface area contributed by atoms with Crippen LogP contribution in [0.5, 0.6) is 11.5 Å². The molecular weight excluding hydrogens is 293 g/mol. The van der Waals surface area contributed by atoms with Gasteiger partial charge in [-0.15, -0.1) is 0 Å². The van der Waals surface area contributed by atoms with Gasteiger partial charge >= 0.3 is 0 Å². The maximum atomic E-state index is 13.7. The second kappa shape index (κ2) is 6.78. The van der Waals surface area contributed by atoms with E-state index in [1.165, 1.54) is 6.07 Å². The van der Waals surface area contributed by atoms with E-state index in [0.29, 0.717) is 17.1 Å². The van der Waals surface area contributed by atoms with E-state index >= 15 is 0 Å². The molecule has 0 aliphatic heterocycles. The summed E-state index contributed by atoms with van der Waals surface area (Å²) in [4.78, 5) is 0. The molecular formula is C16H17ClFNO2. The largest absolute Gasteiger partial charge is 0.497 e. The number of ether oxygens (including phenoxy) is 2. The summed E-state index contributed by atoms with van der Waals surface area (Å²) < 4.78 is 24.2. The number of halogens is 2. The van der Waals surface area contributed by atoms with Gasteiger partial charge in [-0.25, -0.2) is 4.39 Å². The van der Waals surface area contributed by atoms with E-state index in [4.69, 9.17) is 21.1 Å². The van der Waals surface area contributed by atoms with Gasteiger partial charge in [-0.1, -0.05) is 23.7 Å². The van der Waals surface area contributed by atoms with Gasteiger partial charge in [0.1, 0.15) is 17.3 Å². The standard InChI is InChI=1S/C16H17ClFNO2/c1-19-16(13-5-4-6-14(18)15(13)17)10-7-11(20-2)9-12(8-10)21-3/h4-9,16,19H,1-3H3. The van der Waals surface area contributed by atoms with Crippen molar-refractivity contribution in [2.24, 2.45) is 0 Å². The lowest BCUT2D eigenvalue weighted by atomic mass is 9.98. The summed E-state index contributed by atoms with van der Waals surface area (Å²) in [6.07, 6.45) is 0. The van der Waals surface area contributed by atoms with Gasteiger partial charge in [0.25, 0.3) is 0 Å². The summed E-state index contributed by atoms with van der Waals surface area (Å²) in [5, 5.41) is 3.25. The monoisotopic (exact) mass is 309 g/mol. The van der Waals surface area contributed by atoms with Gasteiger partial charge in [0.05, 0.1) is 25.3 Å². The van der Waals surface area contributed by atoms with E-state index in [0.717, 1.165) is 5.56 Å². The van der Waals surface area contributed by atoms with Crippen molar-refractivity contribution < 1.29 is 13.9 Å². The van der Waals surface area contributed by atoms with Crippen molar-refractivity contribution in [3.05, 3.63) is 58.4 Å². The molecule has 3 nitrogen and oxygen atoms in total. The summed E-state index contributed by atoms with van der Waals surface area (Å²) in [7, 11) is 4.96. The average molecular weight is 310 g/mol. The van der Waals surface area contributed by atoms with Crippen LogP contribution in [0.2, 0.25) is 5.02 Å². The summed E-state index contributed by atoms with van der Waals surface area (Å²) in [6, 6.07) is 10.0. The second-order valence-corrected chi connectivity index (χ2v) is 4.89. The molecule has 21 heavy (non-hydrogen) atoms. The summed E-state index contributed by atoms with van der Waals surface area (Å²) in [5.41, 5.74) is 1.54. The number of nitrogens with one attached hydrogen (secondary N) is 1. The van der Waals surface area contributed by atoms with Gasteiger partial charge < -0.3 is 14.8 Å². The zero-order chi connectivity index (χ0) is 15.4. The van der Waals surface area contributed by atoms with E-state index in [2.05, 4.69) is 5.32 Å². The van der Waals surface area contributed by atoms with Crippen LogP contribution < -0.4 is 14.8 Å². The SMILES string of the molecule is CNC(c1cc(OC)cc(OC)c1)c1cccc(F)c1Cl. The normalized spacial score (nSPS) is 12.0. The number of hydrogen-bond donors (Lipinski definition) is 1. The first-order valence-electron chi connectivity index (χ1n) is 6.44. The fraction of sp³-hybridized carbons (Fsp3) is 0.250. The fourth-order valence-corrected chi connectivity index (χ4v) is 2.48. The number of methoxy groups -OCH3 is 2. The van der Waals surface area contributed by atoms with Crippen LogP contribution in [0.1, 0.15) is 17.2 Å². The zero-order valence-corrected chi connectivity index (χ0v) is 12.9. The Morgan fingerprint density at radius 1 is 1.10 bits per heavy atom. The zero-order valence-electron chi connectivity index (χ0n) is 12.1. The fourth-order valence-electron chi connectivity index (χ4n) is 2.24. The molecule has 1 atom stereocenters. The minimum absolute atomic E-state index is 0.110. The Morgan fingerprint density at radius 2 is 1.71 bits per heavy atom. The number of rotatable bonds is 5. The van der Waals surface area contributed by atoms with E-state index in [1.54, 1.807) is 39.5 Å². The van der Waals surface area contributed by atoms with Gasteiger partial charge in [-0.3, -0.25) is 0 Å². The van der Waals surface area contributed by atoms with E-state index in [1.807, 2.05) is 12.1 Å². The van der Waals surface area contributed by atoms with Gasteiger partial charge in [-0.2, -0.15) is 0 Å². The lowest BCUT2D eigenvalue weighted by Crippen LogP contribution is -2.18. The molecule has 112 valence electrons. The van der Waals surface area contributed by atoms with Crippen LogP contribution in [0, 0.1) is 5.82 Å². The predicted octanol–water partition coefficient (Wildman–Crippen LogP) is 3.81. The summed E-state index contributed by atoms with van der Waals surface area (Å²) in [6.45, 7) is 0. The lowest BCUT2D eigenvalue weighted by Gasteiger charge is -2.20. The molecule has 0 saturated carbocycles. The minimum atomic E-state index is -0.440. The third kappa shape index (κ3) is 3.28. The second-order valence-electron chi connectivity index (χ2n) is 4.51. The Hall–Kier alpha value is -1.78. The van der Waals surface area contributed by atoms with Crippen LogP contribution in [0.25, 0.3) is 0 Å². The molecule has 0 aliphatic carbocycles. The van der Waals surface area contributed by atoms with Crippen LogP contribution in [0.15, 0.2) is 36.4 Å². The third-order valence-electron chi connectivity index (χ3n) is 3.29. The molecule has 0 aliphatic rings. The van der Waals surface area contributed by atoms with Gasteiger partial charge in [0, 0.05) is 6.07 Å². The van der Waals surface area contributed by atoms with Crippen molar-refractivity contribution in [3.63, 3.8) is 0 Å². The molecule has 0 aromatic heterocycles. The molecule has 0 spiro atoms. The van der Waals surface area contributed by atoms with Crippen molar-refractivity contribution >= 4 is 11.6 Å². The maximum Gasteiger partial charge on any atom is 0.142 e. The van der Waals surface area contributed by atoms with Gasteiger partial charge in [0.15, 0.2) is 0 Å². The third-order valence-corrected chi connectivity index (χ3v) is 3.69. The quantitative estimate of drug-likeness (QED) is 0.911. The highest BCUT2D eigenvalue weighted by atomic mass is 35.5. The molecule has 1 N–H and O–H groups in total. The molecule has 0 amide bonds. The molecule has 2 aromatic carbocycles. The van der Waals surface area contributed by atoms with Crippen molar-refractivity contribution in [2.75, 3.05) is 21.3 Å². The predicted molar refractivity (Wildman–Crippen MR) is 81.9 cm³/mol. The Kier molecular flexibility index (Phi) is 5.04. The summed E-state index contributed by atoms with van der Waals surface area (Å²) in [5.74, 6) is 0.888. The molecule has 0 fully saturated rings. The summed E-state index contributed by atoms with van der Waals surface area (Å²) >= 11 is 6.09. The number of hydrogen-bond acceptors (Lipinski definition) is 3. The van der Waals surface area contributed by atoms with E-state index in [9.17, 15) is 4.39 Å². The molecule has 0 heterocycles. The number of benzene rings is 2. The van der Waals surface area contributed by atoms with Crippen molar-refractivity contribution in [1.82, 2.24) is 5.32 Å². The first-order chi connectivity index (χ1) is 10.1. The van der Waals surface area contributed by atoms with Gasteiger partial charge in [0.2, 0.25) is 0 Å². The molecule has 0 saturated heterocycles. The molecule has 5 heteroatoms. The van der Waals surface area contributed by atoms with Crippen LogP contribution >= 0.6 is 11.6 Å². The highest BCUT2D eigenvalue weighted by Gasteiger charge is 2.19. The lowest BCUT2D eigenvalue weighted by molar-refractivity contribution is 0.392. The maximum absolute atomic E-state index is 13.7. The van der Waals surface area contributed by atoms with E-state index < -0.39 is 5.82 Å². The first-order valence-corrected chi connectivity index (χ1v) is 6.82. The van der Waals surface area contributed by atoms with Crippen LogP contribution in [0.3, 0.4) is 0 Å². The molecule has 0 bridgehead atoms. The van der Waals surface area contributed by atoms with Crippen LogP contribution in [0.4, 0.5) is 4.39 Å². The topological polar surface area (TPSA) is 30.5 Å². The Morgan fingerprint density at radius 3 is 2.24 bits per heavy atom. The van der Waals surface area contributed by atoms with Crippen molar-refractivity contribution in [2.45, 2.75) is 6.04 Å². The van der Waals surface area contributed by atoms with Crippen molar-refractivity contribution in [1.29, 1.82) is 0 Å². The smallest absolute Gasteiger partial charge is 0.142 e.